The van der Waals surface area contributed by atoms with Crippen LogP contribution in [0, 0.1) is 0 Å². The van der Waals surface area contributed by atoms with E-state index in [-0.39, 0.29) is 19.1 Å². The molecule has 0 aliphatic rings. The van der Waals surface area contributed by atoms with Crippen molar-refractivity contribution in [3.8, 4) is 0 Å². The van der Waals surface area contributed by atoms with Crippen molar-refractivity contribution >= 4 is 21.7 Å². The summed E-state index contributed by atoms with van der Waals surface area (Å²) >= 11 is 0. The predicted molar refractivity (Wildman–Crippen MR) is 96.7 cm³/mol. The molecule has 1 aromatic carbocycles. The zero-order chi connectivity index (χ0) is 18.3. The SMILES string of the molecule is CCOC(=O)CS(=O)(=O)N(CC)c1cc(C(C)C)ccc1CCN. The van der Waals surface area contributed by atoms with Crippen LogP contribution in [-0.2, 0) is 26.0 Å². The average molecular weight is 356 g/mol. The molecular formula is C17H28N2O4S. The van der Waals surface area contributed by atoms with Gasteiger partial charge in [-0.05, 0) is 49.9 Å². The zero-order valence-corrected chi connectivity index (χ0v) is 15.7. The first-order chi connectivity index (χ1) is 11.3. The van der Waals surface area contributed by atoms with E-state index in [0.717, 1.165) is 11.1 Å². The van der Waals surface area contributed by atoms with Gasteiger partial charge in [0.2, 0.25) is 10.0 Å². The van der Waals surface area contributed by atoms with Crippen LogP contribution in [0.25, 0.3) is 0 Å². The van der Waals surface area contributed by atoms with Crippen LogP contribution >= 0.6 is 0 Å². The molecule has 0 aromatic heterocycles. The summed E-state index contributed by atoms with van der Waals surface area (Å²) in [6.45, 7) is 8.30. The van der Waals surface area contributed by atoms with Crippen molar-refractivity contribution in [3.63, 3.8) is 0 Å². The number of esters is 1. The maximum atomic E-state index is 12.7. The molecule has 0 fully saturated rings. The second kappa shape index (κ2) is 9.03. The quantitative estimate of drug-likeness (QED) is 0.684. The molecule has 6 nitrogen and oxygen atoms in total. The summed E-state index contributed by atoms with van der Waals surface area (Å²) < 4.78 is 31.4. The first-order valence-electron chi connectivity index (χ1n) is 8.25. The van der Waals surface area contributed by atoms with Gasteiger partial charge in [0.05, 0.1) is 12.3 Å². The summed E-state index contributed by atoms with van der Waals surface area (Å²) in [6, 6.07) is 5.78. The number of anilines is 1. The average Bonchev–Trinajstić information content (AvgIpc) is 2.48. The molecule has 0 aliphatic carbocycles. The lowest BCUT2D eigenvalue weighted by molar-refractivity contribution is -0.139. The molecule has 1 aromatic rings. The first kappa shape index (κ1) is 20.4. The normalized spacial score (nSPS) is 11.6. The summed E-state index contributed by atoms with van der Waals surface area (Å²) in [5, 5.41) is 0. The Morgan fingerprint density at radius 1 is 1.29 bits per heavy atom. The summed E-state index contributed by atoms with van der Waals surface area (Å²) in [5.41, 5.74) is 8.15. The highest BCUT2D eigenvalue weighted by molar-refractivity contribution is 7.93. The Labute approximate surface area is 145 Å². The number of sulfonamides is 1. The zero-order valence-electron chi connectivity index (χ0n) is 14.9. The van der Waals surface area contributed by atoms with Crippen LogP contribution in [-0.4, -0.2) is 39.8 Å². The van der Waals surface area contributed by atoms with Crippen LogP contribution in [0.2, 0.25) is 0 Å². The number of ether oxygens (including phenoxy) is 1. The Balaban J connectivity index is 3.30. The fourth-order valence-electron chi connectivity index (χ4n) is 2.49. The molecule has 0 radical (unpaired) electrons. The van der Waals surface area contributed by atoms with Crippen LogP contribution < -0.4 is 10.0 Å². The summed E-state index contributed by atoms with van der Waals surface area (Å²) in [4.78, 5) is 11.6. The van der Waals surface area contributed by atoms with Gasteiger partial charge in [-0.3, -0.25) is 9.10 Å². The summed E-state index contributed by atoms with van der Waals surface area (Å²) in [7, 11) is -3.81. The van der Waals surface area contributed by atoms with Gasteiger partial charge in [-0.15, -0.1) is 0 Å². The topological polar surface area (TPSA) is 89.7 Å². The first-order valence-corrected chi connectivity index (χ1v) is 9.86. The van der Waals surface area contributed by atoms with E-state index in [1.807, 2.05) is 32.0 Å². The monoisotopic (exact) mass is 356 g/mol. The fraction of sp³-hybridized carbons (Fsp3) is 0.588. The Morgan fingerprint density at radius 2 is 1.96 bits per heavy atom. The molecule has 0 spiro atoms. The molecule has 0 heterocycles. The number of hydrogen-bond donors (Lipinski definition) is 1. The molecule has 0 saturated carbocycles. The number of hydrogen-bond acceptors (Lipinski definition) is 5. The number of carbonyl (C=O) groups excluding carboxylic acids is 1. The molecule has 0 unspecified atom stereocenters. The van der Waals surface area contributed by atoms with Gasteiger partial charge in [0.15, 0.2) is 5.75 Å². The highest BCUT2D eigenvalue weighted by Gasteiger charge is 2.27. The maximum Gasteiger partial charge on any atom is 0.323 e. The number of carbonyl (C=O) groups is 1. The molecule has 0 aliphatic heterocycles. The lowest BCUT2D eigenvalue weighted by Gasteiger charge is -2.26. The highest BCUT2D eigenvalue weighted by atomic mass is 32.2. The third kappa shape index (κ3) is 5.21. The third-order valence-corrected chi connectivity index (χ3v) is 5.41. The summed E-state index contributed by atoms with van der Waals surface area (Å²) in [5.74, 6) is -1.14. The predicted octanol–water partition coefficient (Wildman–Crippen LogP) is 2.03. The largest absolute Gasteiger partial charge is 0.465 e. The minimum atomic E-state index is -3.81. The van der Waals surface area contributed by atoms with Crippen LogP contribution in [0.3, 0.4) is 0 Å². The van der Waals surface area contributed by atoms with E-state index in [4.69, 9.17) is 10.5 Å². The number of nitrogens with two attached hydrogens (primary N) is 1. The van der Waals surface area contributed by atoms with Crippen molar-refractivity contribution in [2.75, 3.05) is 29.8 Å². The Morgan fingerprint density at radius 3 is 2.46 bits per heavy atom. The minimum absolute atomic E-state index is 0.155. The molecule has 24 heavy (non-hydrogen) atoms. The van der Waals surface area contributed by atoms with Crippen molar-refractivity contribution in [2.45, 2.75) is 40.0 Å². The van der Waals surface area contributed by atoms with Crippen molar-refractivity contribution in [1.82, 2.24) is 0 Å². The fourth-order valence-corrected chi connectivity index (χ4v) is 3.89. The van der Waals surface area contributed by atoms with E-state index in [9.17, 15) is 13.2 Å². The molecule has 0 bridgehead atoms. The van der Waals surface area contributed by atoms with E-state index in [1.165, 1.54) is 4.31 Å². The van der Waals surface area contributed by atoms with Gasteiger partial charge in [-0.1, -0.05) is 26.0 Å². The molecule has 136 valence electrons. The standard InChI is InChI=1S/C17H28N2O4S/c1-5-19(24(21,22)12-17(20)23-6-2)16-11-15(13(3)4)8-7-14(16)9-10-18/h7-8,11,13H,5-6,9-10,12,18H2,1-4H3. The smallest absolute Gasteiger partial charge is 0.323 e. The van der Waals surface area contributed by atoms with Gasteiger partial charge < -0.3 is 10.5 Å². The number of rotatable bonds is 9. The molecule has 7 heteroatoms. The van der Waals surface area contributed by atoms with E-state index < -0.39 is 21.7 Å². The number of benzene rings is 1. The number of nitrogens with zero attached hydrogens (tertiary/aromatic N) is 1. The van der Waals surface area contributed by atoms with Gasteiger partial charge in [0.25, 0.3) is 0 Å². The van der Waals surface area contributed by atoms with Gasteiger partial charge in [0.1, 0.15) is 0 Å². The molecule has 0 saturated heterocycles. The van der Waals surface area contributed by atoms with Crippen molar-refractivity contribution in [3.05, 3.63) is 29.3 Å². The Hall–Kier alpha value is -1.60. The second-order valence-electron chi connectivity index (χ2n) is 5.81. The molecule has 1 rings (SSSR count). The molecular weight excluding hydrogens is 328 g/mol. The Bertz CT molecular complexity index is 657. The van der Waals surface area contributed by atoms with Crippen LogP contribution in [0.1, 0.15) is 44.7 Å². The lowest BCUT2D eigenvalue weighted by Crippen LogP contribution is -2.36. The summed E-state index contributed by atoms with van der Waals surface area (Å²) in [6.07, 6.45) is 0.569. The van der Waals surface area contributed by atoms with Gasteiger partial charge >= 0.3 is 5.97 Å². The Kier molecular flexibility index (Phi) is 7.69. The minimum Gasteiger partial charge on any atom is -0.465 e. The van der Waals surface area contributed by atoms with Crippen molar-refractivity contribution in [2.24, 2.45) is 5.73 Å². The van der Waals surface area contributed by atoms with Crippen LogP contribution in [0.5, 0.6) is 0 Å². The van der Waals surface area contributed by atoms with E-state index in [2.05, 4.69) is 0 Å². The lowest BCUT2D eigenvalue weighted by atomic mass is 9.99. The van der Waals surface area contributed by atoms with Gasteiger partial charge in [-0.25, -0.2) is 8.42 Å². The van der Waals surface area contributed by atoms with Crippen molar-refractivity contribution < 1.29 is 17.9 Å². The molecule has 0 atom stereocenters. The maximum absolute atomic E-state index is 12.7. The molecule has 2 N–H and O–H groups in total. The van der Waals surface area contributed by atoms with Gasteiger partial charge in [0, 0.05) is 6.54 Å². The molecule has 0 amide bonds. The van der Waals surface area contributed by atoms with Gasteiger partial charge in [-0.2, -0.15) is 0 Å². The highest BCUT2D eigenvalue weighted by Crippen LogP contribution is 2.28. The second-order valence-corrected chi connectivity index (χ2v) is 7.70. The van der Waals surface area contributed by atoms with E-state index in [0.29, 0.717) is 18.7 Å². The third-order valence-electron chi connectivity index (χ3n) is 3.69. The van der Waals surface area contributed by atoms with E-state index >= 15 is 0 Å². The van der Waals surface area contributed by atoms with Crippen LogP contribution in [0.4, 0.5) is 5.69 Å². The van der Waals surface area contributed by atoms with Crippen molar-refractivity contribution in [1.29, 1.82) is 0 Å². The van der Waals surface area contributed by atoms with Crippen LogP contribution in [0.15, 0.2) is 18.2 Å². The van der Waals surface area contributed by atoms with E-state index in [1.54, 1.807) is 13.8 Å².